The first kappa shape index (κ1) is 50.3. The lowest BCUT2D eigenvalue weighted by atomic mass is 9.92. The van der Waals surface area contributed by atoms with Crippen molar-refractivity contribution in [3.05, 3.63) is 162 Å². The van der Waals surface area contributed by atoms with E-state index in [-0.39, 0.29) is 44.2 Å². The van der Waals surface area contributed by atoms with Crippen LogP contribution in [0.5, 0.6) is 0 Å². The van der Waals surface area contributed by atoms with Crippen molar-refractivity contribution in [3.63, 3.8) is 0 Å². The highest BCUT2D eigenvalue weighted by atomic mass is 32.2. The summed E-state index contributed by atoms with van der Waals surface area (Å²) in [5.74, 6) is -1.60. The molecule has 6 rings (SSSR count). The zero-order chi connectivity index (χ0) is 49.3. The second-order valence-corrected chi connectivity index (χ2v) is 22.0. The molecule has 0 fully saturated rings. The topological polar surface area (TPSA) is 231 Å². The normalized spacial score (nSPS) is 12.0. The fourth-order valence-electron chi connectivity index (χ4n) is 7.30. The zero-order valence-electron chi connectivity index (χ0n) is 39.4. The molecule has 0 atom stereocenters. The summed E-state index contributed by atoms with van der Waals surface area (Å²) in [5, 5.41) is 20.3. The molecule has 2 amide bonds. The van der Waals surface area contributed by atoms with Crippen LogP contribution in [-0.2, 0) is 44.0 Å². The summed E-state index contributed by atoms with van der Waals surface area (Å²) < 4.78 is 58.5. The second-order valence-electron chi connectivity index (χ2n) is 18.6. The quantitative estimate of drug-likeness (QED) is 0.0639. The van der Waals surface area contributed by atoms with Gasteiger partial charge in [-0.25, -0.2) is 26.3 Å². The van der Waals surface area contributed by atoms with E-state index in [1.807, 2.05) is 99.9 Å². The van der Waals surface area contributed by atoms with E-state index >= 15 is 0 Å². The molecule has 0 aliphatic carbocycles. The number of anilines is 1. The van der Waals surface area contributed by atoms with Crippen molar-refractivity contribution in [3.8, 4) is 0 Å². The number of carbonyl (C=O) groups excluding carboxylic acids is 2. The molecular weight excluding hydrogens is 881 g/mol. The third-order valence-electron chi connectivity index (χ3n) is 10.8. The molecule has 4 N–H and O–H groups in total. The molecule has 350 valence electrons. The minimum absolute atomic E-state index is 0.0711. The Morgan fingerprint density at radius 3 is 1.32 bits per heavy atom. The number of nitrogens with two attached hydrogens (primary N) is 1. The van der Waals surface area contributed by atoms with Gasteiger partial charge in [0.05, 0.1) is 39.2 Å². The van der Waals surface area contributed by atoms with Gasteiger partial charge in [-0.05, 0) is 111 Å². The number of sulfonamides is 2. The summed E-state index contributed by atoms with van der Waals surface area (Å²) in [5.41, 5.74) is 15.1. The number of rotatable bonds is 11. The lowest BCUT2D eigenvalue weighted by Gasteiger charge is -2.15. The maximum atomic E-state index is 13.1. The molecule has 18 heteroatoms. The molecule has 16 nitrogen and oxygen atoms in total. The SMILES string of the molecule is Cc1cc(C)c(Cn2nc(C(C)(C)C)cc2C(=O)NS(=O)(=O)c2cccc(N)c2)c(C)c1.Cc1cc(C)c(Cn2nc(C(C)(C)C)cc2C(=O)NS(=O)(=O)c2cccc([N+](=O)[O-])c2)c(C)c1. The van der Waals surface area contributed by atoms with E-state index in [1.54, 1.807) is 22.9 Å². The number of nitrogen functional groups attached to an aromatic ring is 1. The molecule has 0 saturated heterocycles. The fourth-order valence-corrected chi connectivity index (χ4v) is 9.32. The number of non-ortho nitro benzene ring substituents is 1. The molecule has 2 heterocycles. The zero-order valence-corrected chi connectivity index (χ0v) is 41.0. The van der Waals surface area contributed by atoms with Crippen LogP contribution in [0.15, 0.2) is 94.7 Å². The van der Waals surface area contributed by atoms with Gasteiger partial charge in [0.25, 0.3) is 37.5 Å². The van der Waals surface area contributed by atoms with E-state index in [9.17, 15) is 36.5 Å². The van der Waals surface area contributed by atoms with Crippen molar-refractivity contribution in [2.24, 2.45) is 0 Å². The third kappa shape index (κ3) is 12.0. The Morgan fingerprint density at radius 2 is 0.970 bits per heavy atom. The number of nitro benzene ring substituents is 1. The molecule has 2 aromatic heterocycles. The number of nitrogens with zero attached hydrogens (tertiary/aromatic N) is 5. The average molecular weight is 939 g/mol. The molecule has 0 bridgehead atoms. The summed E-state index contributed by atoms with van der Waals surface area (Å²) in [7, 11) is -8.44. The molecule has 0 aliphatic rings. The summed E-state index contributed by atoms with van der Waals surface area (Å²) in [6, 6.07) is 21.8. The standard InChI is InChI=1S/C24H28N4O5S.C24H30N4O3S/c1-15-10-16(2)20(17(3)11-15)14-27-21(13-22(25-27)24(4,5)6)23(29)26-34(32,33)19-9-7-8-18(12-19)28(30)31;1-15-10-16(2)20(17(3)11-15)14-28-21(13-22(26-28)24(4,5)6)23(29)27-32(30,31)19-9-7-8-18(25)12-19/h7-13H,14H2,1-6H3,(H,26,29);7-13H,14,25H2,1-6H3,(H,27,29). The average Bonchev–Trinajstić information content (AvgIpc) is 3.83. The molecule has 0 aliphatic heterocycles. The Morgan fingerprint density at radius 1 is 0.606 bits per heavy atom. The molecular formula is C48H58N8O8S2. The van der Waals surface area contributed by atoms with Crippen molar-refractivity contribution < 1.29 is 31.3 Å². The van der Waals surface area contributed by atoms with Gasteiger partial charge < -0.3 is 5.73 Å². The van der Waals surface area contributed by atoms with Gasteiger partial charge in [0.1, 0.15) is 11.4 Å². The molecule has 66 heavy (non-hydrogen) atoms. The van der Waals surface area contributed by atoms with Crippen molar-refractivity contribution in [2.45, 2.75) is 117 Å². The van der Waals surface area contributed by atoms with Gasteiger partial charge in [-0.3, -0.25) is 29.1 Å². The van der Waals surface area contributed by atoms with Crippen molar-refractivity contribution in [1.82, 2.24) is 29.0 Å². The summed E-state index contributed by atoms with van der Waals surface area (Å²) in [6.45, 7) is 24.5. The maximum absolute atomic E-state index is 13.1. The number of benzene rings is 4. The Kier molecular flexibility index (Phi) is 14.5. The summed E-state index contributed by atoms with van der Waals surface area (Å²) >= 11 is 0. The van der Waals surface area contributed by atoms with Crippen LogP contribution in [0.4, 0.5) is 11.4 Å². The van der Waals surface area contributed by atoms with Crippen molar-refractivity contribution in [2.75, 3.05) is 5.73 Å². The van der Waals surface area contributed by atoms with Crippen LogP contribution in [0, 0.1) is 51.7 Å². The lowest BCUT2D eigenvalue weighted by Crippen LogP contribution is -2.32. The van der Waals surface area contributed by atoms with Crippen LogP contribution in [0.25, 0.3) is 0 Å². The van der Waals surface area contributed by atoms with Crippen LogP contribution in [-0.4, -0.2) is 53.1 Å². The Labute approximate surface area is 386 Å². The number of aryl methyl sites for hydroxylation is 6. The first-order chi connectivity index (χ1) is 30.5. The van der Waals surface area contributed by atoms with Crippen LogP contribution >= 0.6 is 0 Å². The Hall–Kier alpha value is -6.66. The minimum atomic E-state index is -4.35. The lowest BCUT2D eigenvalue weighted by molar-refractivity contribution is -0.385. The molecule has 4 aromatic carbocycles. The molecule has 0 spiro atoms. The first-order valence-corrected chi connectivity index (χ1v) is 24.0. The number of carbonyl (C=O) groups is 2. The first-order valence-electron chi connectivity index (χ1n) is 21.0. The second kappa shape index (κ2) is 19.1. The van der Waals surface area contributed by atoms with E-state index in [0.717, 1.165) is 50.6 Å². The van der Waals surface area contributed by atoms with E-state index in [2.05, 4.69) is 27.1 Å². The highest BCUT2D eigenvalue weighted by Crippen LogP contribution is 2.27. The minimum Gasteiger partial charge on any atom is -0.399 e. The van der Waals surface area contributed by atoms with E-state index in [4.69, 9.17) is 5.73 Å². The predicted octanol–water partition coefficient (Wildman–Crippen LogP) is 8.04. The Balaban J connectivity index is 0.000000248. The van der Waals surface area contributed by atoms with Crippen LogP contribution in [0.1, 0.15) is 118 Å². The summed E-state index contributed by atoms with van der Waals surface area (Å²) in [4.78, 5) is 36.1. The van der Waals surface area contributed by atoms with Gasteiger partial charge in [0.15, 0.2) is 0 Å². The molecule has 0 radical (unpaired) electrons. The number of nitro groups is 1. The molecule has 0 unspecified atom stereocenters. The van der Waals surface area contributed by atoms with Gasteiger partial charge in [0, 0.05) is 28.7 Å². The third-order valence-corrected chi connectivity index (χ3v) is 13.5. The Bertz CT molecular complexity index is 3040. The maximum Gasteiger partial charge on any atom is 0.283 e. The van der Waals surface area contributed by atoms with Crippen LogP contribution < -0.4 is 15.2 Å². The van der Waals surface area contributed by atoms with Gasteiger partial charge in [-0.1, -0.05) is 89.1 Å². The number of aromatic nitrogens is 4. The van der Waals surface area contributed by atoms with Crippen LogP contribution in [0.2, 0.25) is 0 Å². The van der Waals surface area contributed by atoms with E-state index in [0.29, 0.717) is 23.6 Å². The number of amides is 2. The fraction of sp³-hybridized carbons (Fsp3) is 0.333. The smallest absolute Gasteiger partial charge is 0.283 e. The van der Waals surface area contributed by atoms with Crippen LogP contribution in [0.3, 0.4) is 0 Å². The van der Waals surface area contributed by atoms with E-state index in [1.165, 1.54) is 41.1 Å². The molecule has 6 aromatic rings. The summed E-state index contributed by atoms with van der Waals surface area (Å²) in [6.07, 6.45) is 0. The monoisotopic (exact) mass is 938 g/mol. The predicted molar refractivity (Wildman–Crippen MR) is 255 cm³/mol. The van der Waals surface area contributed by atoms with Gasteiger partial charge >= 0.3 is 0 Å². The van der Waals surface area contributed by atoms with E-state index < -0.39 is 36.8 Å². The number of hydrogen-bond donors (Lipinski definition) is 3. The largest absolute Gasteiger partial charge is 0.399 e. The van der Waals surface area contributed by atoms with Crippen molar-refractivity contribution >= 4 is 43.2 Å². The number of nitrogens with one attached hydrogen (secondary N) is 2. The van der Waals surface area contributed by atoms with Gasteiger partial charge in [0.2, 0.25) is 0 Å². The van der Waals surface area contributed by atoms with Gasteiger partial charge in [-0.2, -0.15) is 10.2 Å². The number of hydrogen-bond acceptors (Lipinski definition) is 11. The van der Waals surface area contributed by atoms with Crippen molar-refractivity contribution in [1.29, 1.82) is 0 Å². The van der Waals surface area contributed by atoms with Gasteiger partial charge in [-0.15, -0.1) is 0 Å². The highest BCUT2D eigenvalue weighted by Gasteiger charge is 2.29. The molecule has 0 saturated carbocycles. The highest BCUT2D eigenvalue weighted by molar-refractivity contribution is 7.90.